The zero-order chi connectivity index (χ0) is 18.5. The lowest BCUT2D eigenvalue weighted by atomic mass is 10.0. The molecule has 6 nitrogen and oxygen atoms in total. The molecule has 1 aliphatic rings. The van der Waals surface area contributed by atoms with Gasteiger partial charge < -0.3 is 10.6 Å². The third-order valence-electron chi connectivity index (χ3n) is 4.18. The zero-order valence-electron chi connectivity index (χ0n) is 14.4. The van der Waals surface area contributed by atoms with Crippen molar-refractivity contribution in [1.82, 2.24) is 4.90 Å². The van der Waals surface area contributed by atoms with Crippen molar-refractivity contribution in [1.29, 1.82) is 0 Å². The monoisotopic (exact) mass is 433 g/mol. The molecule has 0 bridgehead atoms. The normalized spacial score (nSPS) is 18.5. The molecule has 8 heteroatoms. The van der Waals surface area contributed by atoms with E-state index >= 15 is 0 Å². The highest BCUT2D eigenvalue weighted by atomic mass is 79.9. The molecule has 0 radical (unpaired) electrons. The fourth-order valence-corrected chi connectivity index (χ4v) is 4.11. The van der Waals surface area contributed by atoms with Gasteiger partial charge in [-0.15, -0.1) is 21.6 Å². The van der Waals surface area contributed by atoms with Crippen molar-refractivity contribution in [3.63, 3.8) is 0 Å². The van der Waals surface area contributed by atoms with Gasteiger partial charge >= 0.3 is 0 Å². The van der Waals surface area contributed by atoms with Crippen LogP contribution in [0, 0.1) is 6.92 Å². The van der Waals surface area contributed by atoms with Crippen molar-refractivity contribution in [3.05, 3.63) is 50.6 Å². The van der Waals surface area contributed by atoms with E-state index in [0.29, 0.717) is 18.1 Å². The molecule has 1 aromatic heterocycles. The maximum atomic E-state index is 12.8. The summed E-state index contributed by atoms with van der Waals surface area (Å²) >= 11 is 4.89. The van der Waals surface area contributed by atoms with Gasteiger partial charge in [-0.2, -0.15) is 0 Å². The van der Waals surface area contributed by atoms with Gasteiger partial charge in [0.25, 0.3) is 5.91 Å². The third-order valence-corrected chi connectivity index (χ3v) is 5.67. The molecule has 1 saturated heterocycles. The highest BCUT2D eigenvalue weighted by molar-refractivity contribution is 9.10. The van der Waals surface area contributed by atoms with E-state index in [2.05, 4.69) is 31.4 Å². The van der Waals surface area contributed by atoms with Crippen LogP contribution in [-0.2, 0) is 0 Å². The lowest BCUT2D eigenvalue weighted by Gasteiger charge is -2.34. The number of likely N-dealkylation sites (tertiary alicyclic amines) is 1. The number of amides is 1. The lowest BCUT2D eigenvalue weighted by Crippen LogP contribution is -2.50. The zero-order valence-corrected chi connectivity index (χ0v) is 16.8. The predicted molar refractivity (Wildman–Crippen MR) is 108 cm³/mol. The second-order valence-electron chi connectivity index (χ2n) is 6.11. The molecule has 26 heavy (non-hydrogen) atoms. The predicted octanol–water partition coefficient (Wildman–Crippen LogP) is 4.87. The van der Waals surface area contributed by atoms with Crippen LogP contribution < -0.4 is 5.73 Å². The van der Waals surface area contributed by atoms with Crippen molar-refractivity contribution in [3.8, 4) is 0 Å². The first-order chi connectivity index (χ1) is 12.5. The fraction of sp³-hybridized carbons (Fsp3) is 0.333. The second-order valence-corrected chi connectivity index (χ2v) is 8.32. The summed E-state index contributed by atoms with van der Waals surface area (Å²) in [5.41, 5.74) is 6.83. The molecule has 0 spiro atoms. The van der Waals surface area contributed by atoms with Crippen molar-refractivity contribution >= 4 is 44.7 Å². The van der Waals surface area contributed by atoms with Crippen LogP contribution in [0.15, 0.2) is 56.3 Å². The molecule has 136 valence electrons. The number of hydrogen-bond donors (Lipinski definition) is 1. The lowest BCUT2D eigenvalue weighted by molar-refractivity contribution is 0.0684. The van der Waals surface area contributed by atoms with E-state index in [1.807, 2.05) is 48.2 Å². The molecule has 3 rings (SSSR count). The Morgan fingerprint density at radius 1 is 1.31 bits per heavy atom. The number of amidine groups is 1. The number of piperidine rings is 1. The van der Waals surface area contributed by atoms with Gasteiger partial charge in [-0.25, -0.2) is 0 Å². The molecular formula is C18H20BrN5OS. The van der Waals surface area contributed by atoms with Crippen LogP contribution in [0.3, 0.4) is 0 Å². The summed E-state index contributed by atoms with van der Waals surface area (Å²) in [6.07, 6.45) is 2.77. The summed E-state index contributed by atoms with van der Waals surface area (Å²) in [5, 5.41) is 12.0. The fourth-order valence-electron chi connectivity index (χ4n) is 2.90. The number of carbonyl (C=O) groups excluding carboxylic acids is 1. The molecule has 1 amide bonds. The average Bonchev–Trinajstić information content (AvgIpc) is 3.07. The first-order valence-electron chi connectivity index (χ1n) is 8.41. The summed E-state index contributed by atoms with van der Waals surface area (Å²) in [4.78, 5) is 16.5. The van der Waals surface area contributed by atoms with Crippen molar-refractivity contribution in [2.75, 3.05) is 6.54 Å². The van der Waals surface area contributed by atoms with Gasteiger partial charge in [-0.3, -0.25) is 4.79 Å². The third kappa shape index (κ3) is 4.56. The largest absolute Gasteiger partial charge is 0.384 e. The van der Waals surface area contributed by atoms with Gasteiger partial charge in [-0.1, -0.05) is 22.0 Å². The molecule has 2 N–H and O–H groups in total. The number of carbonyl (C=O) groups is 1. The minimum absolute atomic E-state index is 0.00915. The molecular weight excluding hydrogens is 414 g/mol. The maximum absolute atomic E-state index is 12.8. The summed E-state index contributed by atoms with van der Waals surface area (Å²) in [6.45, 7) is 2.67. The molecule has 2 heterocycles. The van der Waals surface area contributed by atoms with Gasteiger partial charge in [0.1, 0.15) is 5.84 Å². The molecule has 1 aromatic carbocycles. The van der Waals surface area contributed by atoms with Gasteiger partial charge in [0.05, 0.1) is 16.6 Å². The highest BCUT2D eigenvalue weighted by Gasteiger charge is 2.30. The summed E-state index contributed by atoms with van der Waals surface area (Å²) < 4.78 is 0.918. The van der Waals surface area contributed by atoms with E-state index in [4.69, 9.17) is 5.73 Å². The quantitative estimate of drug-likeness (QED) is 0.322. The summed E-state index contributed by atoms with van der Waals surface area (Å²) in [5.74, 6) is 0.333. The number of halogens is 1. The number of nitrogens with zero attached hydrogens (tertiary/aromatic N) is 4. The smallest absolute Gasteiger partial charge is 0.264 e. The average molecular weight is 434 g/mol. The minimum atomic E-state index is -0.236. The van der Waals surface area contributed by atoms with E-state index in [-0.39, 0.29) is 11.9 Å². The van der Waals surface area contributed by atoms with Crippen molar-refractivity contribution in [2.45, 2.75) is 32.2 Å². The Labute approximate surface area is 164 Å². The summed E-state index contributed by atoms with van der Waals surface area (Å²) in [7, 11) is 0. The maximum Gasteiger partial charge on any atom is 0.264 e. The van der Waals surface area contributed by atoms with Crippen LogP contribution in [0.5, 0.6) is 0 Å². The minimum Gasteiger partial charge on any atom is -0.384 e. The van der Waals surface area contributed by atoms with E-state index < -0.39 is 0 Å². The number of hydrogen-bond acceptors (Lipinski definition) is 4. The Morgan fingerprint density at radius 3 is 2.88 bits per heavy atom. The van der Waals surface area contributed by atoms with E-state index in [1.54, 1.807) is 0 Å². The highest BCUT2D eigenvalue weighted by Crippen LogP contribution is 2.24. The van der Waals surface area contributed by atoms with Crippen LogP contribution >= 0.6 is 27.3 Å². The number of nitrogens with two attached hydrogens (primary N) is 1. The second kappa shape index (κ2) is 8.55. The first-order valence-corrected chi connectivity index (χ1v) is 10.0. The van der Waals surface area contributed by atoms with Crippen molar-refractivity contribution in [2.24, 2.45) is 21.2 Å². The Morgan fingerprint density at radius 2 is 2.15 bits per heavy atom. The Balaban J connectivity index is 1.75. The van der Waals surface area contributed by atoms with Crippen LogP contribution in [0.1, 0.15) is 33.8 Å². The Kier molecular flexibility index (Phi) is 6.16. The number of benzene rings is 1. The van der Waals surface area contributed by atoms with Crippen LogP contribution in [0.25, 0.3) is 0 Å². The molecule has 0 aliphatic carbocycles. The standard InChI is InChI=1S/C18H20BrN5OS/c1-12-8-9-16(26-12)18(25)24-10-3-2-7-15(24)17(20)22-23-21-14-6-4-5-13(19)11-14/h4-6,8-9,11,15H,2-3,7,10H2,1H3,(H2,20,21,22). The molecule has 2 aromatic rings. The molecule has 1 atom stereocenters. The number of rotatable bonds is 4. The number of thiophene rings is 1. The van der Waals surface area contributed by atoms with Crippen LogP contribution in [0.4, 0.5) is 5.69 Å². The van der Waals surface area contributed by atoms with Crippen molar-refractivity contribution < 1.29 is 4.79 Å². The number of aryl methyl sites for hydroxylation is 1. The first kappa shape index (κ1) is 18.7. The molecule has 1 aliphatic heterocycles. The Bertz CT molecular complexity index is 848. The van der Waals surface area contributed by atoms with Crippen LogP contribution in [-0.4, -0.2) is 29.2 Å². The van der Waals surface area contributed by atoms with Gasteiger partial charge in [-0.05, 0) is 61.7 Å². The molecule has 0 saturated carbocycles. The van der Waals surface area contributed by atoms with Gasteiger partial charge in [0, 0.05) is 15.9 Å². The topological polar surface area (TPSA) is 83.4 Å². The van der Waals surface area contributed by atoms with Gasteiger partial charge in [0.2, 0.25) is 0 Å². The van der Waals surface area contributed by atoms with E-state index in [9.17, 15) is 4.79 Å². The SMILES string of the molecule is Cc1ccc(C(=O)N2CCCCC2C(N)=NN=Nc2cccc(Br)c2)s1. The molecule has 1 unspecified atom stereocenters. The van der Waals surface area contributed by atoms with Gasteiger partial charge in [0.15, 0.2) is 0 Å². The van der Waals surface area contributed by atoms with E-state index in [0.717, 1.165) is 33.5 Å². The molecule has 1 fully saturated rings. The van der Waals surface area contributed by atoms with E-state index in [1.165, 1.54) is 11.3 Å². The Hall–Kier alpha value is -2.06. The van der Waals surface area contributed by atoms with Crippen LogP contribution in [0.2, 0.25) is 0 Å². The summed E-state index contributed by atoms with van der Waals surface area (Å²) in [6, 6.07) is 11.0.